The van der Waals surface area contributed by atoms with Crippen LogP contribution >= 0.6 is 11.3 Å². The number of hydrogen-bond acceptors (Lipinski definition) is 3. The summed E-state index contributed by atoms with van der Waals surface area (Å²) in [7, 11) is 0. The fourth-order valence-corrected chi connectivity index (χ4v) is 2.26. The molecule has 16 heavy (non-hydrogen) atoms. The van der Waals surface area contributed by atoms with Crippen molar-refractivity contribution in [2.75, 3.05) is 19.6 Å². The second-order valence-electron chi connectivity index (χ2n) is 4.25. The molecule has 0 aromatic carbocycles. The third-order valence-electron chi connectivity index (χ3n) is 2.69. The van der Waals surface area contributed by atoms with Crippen LogP contribution in [0.2, 0.25) is 0 Å². The normalized spacial score (nSPS) is 15.0. The number of rotatable bonds is 7. The highest BCUT2D eigenvalue weighted by molar-refractivity contribution is 7.09. The van der Waals surface area contributed by atoms with Gasteiger partial charge in [0.05, 0.1) is 6.54 Å². The van der Waals surface area contributed by atoms with Crippen molar-refractivity contribution >= 4 is 17.2 Å². The number of amides is 1. The summed E-state index contributed by atoms with van der Waals surface area (Å²) in [6, 6.07) is 4.14. The molecule has 1 aromatic heterocycles. The highest BCUT2D eigenvalue weighted by Crippen LogP contribution is 2.27. The van der Waals surface area contributed by atoms with Gasteiger partial charge in [-0.2, -0.15) is 0 Å². The van der Waals surface area contributed by atoms with Crippen molar-refractivity contribution in [3.63, 3.8) is 0 Å². The predicted molar refractivity (Wildman–Crippen MR) is 66.6 cm³/mol. The van der Waals surface area contributed by atoms with Crippen LogP contribution in [0.1, 0.15) is 17.7 Å². The lowest BCUT2D eigenvalue weighted by Gasteiger charge is -2.05. The van der Waals surface area contributed by atoms with Gasteiger partial charge in [-0.05, 0) is 43.2 Å². The molecule has 4 heteroatoms. The second-order valence-corrected chi connectivity index (χ2v) is 5.29. The highest BCUT2D eigenvalue weighted by atomic mass is 32.1. The average molecular weight is 238 g/mol. The molecule has 1 aromatic rings. The molecule has 1 amide bonds. The average Bonchev–Trinajstić information content (AvgIpc) is 2.94. The van der Waals surface area contributed by atoms with Crippen LogP contribution in [-0.4, -0.2) is 25.5 Å². The number of carbonyl (C=O) groups excluding carboxylic acids is 1. The quantitative estimate of drug-likeness (QED) is 0.754. The molecule has 3 nitrogen and oxygen atoms in total. The van der Waals surface area contributed by atoms with E-state index >= 15 is 0 Å². The first-order valence-corrected chi connectivity index (χ1v) is 6.72. The Balaban J connectivity index is 1.49. The Morgan fingerprint density at radius 1 is 1.50 bits per heavy atom. The van der Waals surface area contributed by atoms with Crippen molar-refractivity contribution in [2.45, 2.75) is 19.3 Å². The second kappa shape index (κ2) is 6.01. The van der Waals surface area contributed by atoms with Crippen molar-refractivity contribution < 1.29 is 4.79 Å². The standard InChI is InChI=1S/C12H18N2OS/c15-12(9-13-8-10-3-4-10)14-6-5-11-2-1-7-16-11/h1-2,7,10,13H,3-6,8-9H2,(H,14,15). The van der Waals surface area contributed by atoms with E-state index < -0.39 is 0 Å². The van der Waals surface area contributed by atoms with Gasteiger partial charge in [0, 0.05) is 11.4 Å². The maximum absolute atomic E-state index is 11.4. The maximum atomic E-state index is 11.4. The molecule has 88 valence electrons. The Bertz CT molecular complexity index is 320. The molecule has 2 rings (SSSR count). The molecule has 0 spiro atoms. The molecule has 1 aliphatic carbocycles. The lowest BCUT2D eigenvalue weighted by atomic mass is 10.3. The van der Waals surface area contributed by atoms with E-state index in [1.54, 1.807) is 11.3 Å². The minimum absolute atomic E-state index is 0.109. The Morgan fingerprint density at radius 3 is 3.06 bits per heavy atom. The monoisotopic (exact) mass is 238 g/mol. The zero-order valence-corrected chi connectivity index (χ0v) is 10.2. The van der Waals surface area contributed by atoms with Crippen molar-refractivity contribution in [1.82, 2.24) is 10.6 Å². The van der Waals surface area contributed by atoms with E-state index in [1.807, 2.05) is 6.07 Å². The molecule has 0 aliphatic heterocycles. The Morgan fingerprint density at radius 2 is 2.38 bits per heavy atom. The van der Waals surface area contributed by atoms with Crippen molar-refractivity contribution in [2.24, 2.45) is 5.92 Å². The zero-order chi connectivity index (χ0) is 11.2. The van der Waals surface area contributed by atoms with Crippen LogP contribution in [0.3, 0.4) is 0 Å². The van der Waals surface area contributed by atoms with E-state index in [9.17, 15) is 4.79 Å². The number of carbonyl (C=O) groups is 1. The van der Waals surface area contributed by atoms with E-state index in [4.69, 9.17) is 0 Å². The molecule has 0 radical (unpaired) electrons. The lowest BCUT2D eigenvalue weighted by molar-refractivity contribution is -0.120. The van der Waals surface area contributed by atoms with E-state index in [2.05, 4.69) is 22.1 Å². The van der Waals surface area contributed by atoms with Gasteiger partial charge in [-0.15, -0.1) is 11.3 Å². The smallest absolute Gasteiger partial charge is 0.233 e. The van der Waals surface area contributed by atoms with Gasteiger partial charge in [0.15, 0.2) is 0 Å². The molecule has 1 aliphatic rings. The van der Waals surface area contributed by atoms with Crippen LogP contribution < -0.4 is 10.6 Å². The molecular formula is C12H18N2OS. The van der Waals surface area contributed by atoms with Crippen LogP contribution in [0.5, 0.6) is 0 Å². The summed E-state index contributed by atoms with van der Waals surface area (Å²) in [4.78, 5) is 12.7. The molecule has 1 saturated carbocycles. The van der Waals surface area contributed by atoms with Gasteiger partial charge >= 0.3 is 0 Å². The highest BCUT2D eigenvalue weighted by Gasteiger charge is 2.20. The third kappa shape index (κ3) is 4.33. The molecule has 0 bridgehead atoms. The van der Waals surface area contributed by atoms with E-state index in [0.29, 0.717) is 6.54 Å². The lowest BCUT2D eigenvalue weighted by Crippen LogP contribution is -2.35. The molecule has 1 heterocycles. The van der Waals surface area contributed by atoms with Crippen LogP contribution in [0, 0.1) is 5.92 Å². The van der Waals surface area contributed by atoms with E-state index in [1.165, 1.54) is 17.7 Å². The Labute approximate surface area is 100 Å². The summed E-state index contributed by atoms with van der Waals surface area (Å²) >= 11 is 1.74. The largest absolute Gasteiger partial charge is 0.355 e. The topological polar surface area (TPSA) is 41.1 Å². The fraction of sp³-hybridized carbons (Fsp3) is 0.583. The SMILES string of the molecule is O=C(CNCC1CC1)NCCc1cccs1. The van der Waals surface area contributed by atoms with E-state index in [-0.39, 0.29) is 5.91 Å². The van der Waals surface area contributed by atoms with Gasteiger partial charge in [0.1, 0.15) is 0 Å². The molecule has 1 fully saturated rings. The molecular weight excluding hydrogens is 220 g/mol. The zero-order valence-electron chi connectivity index (χ0n) is 9.37. The van der Waals surface area contributed by atoms with Gasteiger partial charge in [-0.1, -0.05) is 6.07 Å². The van der Waals surface area contributed by atoms with Gasteiger partial charge in [0.2, 0.25) is 5.91 Å². The van der Waals surface area contributed by atoms with Crippen molar-refractivity contribution in [3.8, 4) is 0 Å². The summed E-state index contributed by atoms with van der Waals surface area (Å²) in [6.45, 7) is 2.20. The molecule has 2 N–H and O–H groups in total. The molecule has 0 atom stereocenters. The molecule has 0 unspecified atom stereocenters. The minimum Gasteiger partial charge on any atom is -0.355 e. The number of hydrogen-bond donors (Lipinski definition) is 2. The van der Waals surface area contributed by atoms with Gasteiger partial charge in [-0.3, -0.25) is 4.79 Å². The first kappa shape index (κ1) is 11.6. The van der Waals surface area contributed by atoms with Gasteiger partial charge < -0.3 is 10.6 Å². The van der Waals surface area contributed by atoms with Gasteiger partial charge in [-0.25, -0.2) is 0 Å². The summed E-state index contributed by atoms with van der Waals surface area (Å²) in [5, 5.41) is 8.17. The summed E-state index contributed by atoms with van der Waals surface area (Å²) in [6.07, 6.45) is 3.59. The third-order valence-corrected chi connectivity index (χ3v) is 3.63. The number of nitrogens with one attached hydrogen (secondary N) is 2. The Hall–Kier alpha value is -0.870. The van der Waals surface area contributed by atoms with Crippen molar-refractivity contribution in [1.29, 1.82) is 0 Å². The van der Waals surface area contributed by atoms with E-state index in [0.717, 1.165) is 25.4 Å². The van der Waals surface area contributed by atoms with Crippen LogP contribution in [0.15, 0.2) is 17.5 Å². The van der Waals surface area contributed by atoms with Crippen molar-refractivity contribution in [3.05, 3.63) is 22.4 Å². The van der Waals surface area contributed by atoms with Crippen LogP contribution in [0.25, 0.3) is 0 Å². The summed E-state index contributed by atoms with van der Waals surface area (Å²) in [5.74, 6) is 0.941. The maximum Gasteiger partial charge on any atom is 0.233 e. The van der Waals surface area contributed by atoms with Gasteiger partial charge in [0.25, 0.3) is 0 Å². The number of thiophene rings is 1. The Kier molecular flexibility index (Phi) is 4.36. The summed E-state index contributed by atoms with van der Waals surface area (Å²) in [5.41, 5.74) is 0. The van der Waals surface area contributed by atoms with Crippen LogP contribution in [-0.2, 0) is 11.2 Å². The predicted octanol–water partition coefficient (Wildman–Crippen LogP) is 1.41. The molecule has 0 saturated heterocycles. The van der Waals surface area contributed by atoms with Crippen LogP contribution in [0.4, 0.5) is 0 Å². The first-order valence-electron chi connectivity index (χ1n) is 5.84. The fourth-order valence-electron chi connectivity index (χ4n) is 1.55. The summed E-state index contributed by atoms with van der Waals surface area (Å²) < 4.78 is 0. The first-order chi connectivity index (χ1) is 7.84. The minimum atomic E-state index is 0.109.